The zero-order valence-corrected chi connectivity index (χ0v) is 12.6. The Morgan fingerprint density at radius 1 is 1.29 bits per heavy atom. The van der Waals surface area contributed by atoms with Gasteiger partial charge in [-0.2, -0.15) is 7.82 Å². The standard InChI is InChI=1S/C3H6O3.2Ca.H3O4P.H2O/c1-2(4)3(5)6;;;1-5(2,3)4;/h2,4H,1H3,(H,5,6);;;(H3,1,2,3,4);1H2/q;2*+2;;/p-4. The van der Waals surface area contributed by atoms with Crippen LogP contribution in [0.2, 0.25) is 0 Å². The summed E-state index contributed by atoms with van der Waals surface area (Å²) in [4.78, 5) is 35.0. The molecule has 3 N–H and O–H groups in total. The van der Waals surface area contributed by atoms with E-state index in [1.807, 2.05) is 0 Å². The number of carbonyl (C=O) groups excluding carboxylic acids is 1. The summed E-state index contributed by atoms with van der Waals surface area (Å²) in [5, 5.41) is 17.3. The molecule has 14 heavy (non-hydrogen) atoms. The van der Waals surface area contributed by atoms with Crippen LogP contribution >= 0.6 is 7.82 Å². The second kappa shape index (κ2) is 15.0. The van der Waals surface area contributed by atoms with Crippen LogP contribution in [0.5, 0.6) is 0 Å². The van der Waals surface area contributed by atoms with E-state index in [-0.39, 0.29) is 81.0 Å². The summed E-state index contributed by atoms with van der Waals surface area (Å²) in [6.45, 7) is 1.13. The Morgan fingerprint density at radius 2 is 1.36 bits per heavy atom. The topological polar surface area (TPSA) is 178 Å². The number of aliphatic carboxylic acids is 1. The number of aliphatic hydroxyl groups excluding tert-OH is 1. The molecule has 0 aliphatic heterocycles. The van der Waals surface area contributed by atoms with Crippen molar-refractivity contribution in [3.05, 3.63) is 0 Å². The van der Waals surface area contributed by atoms with Crippen molar-refractivity contribution < 1.29 is 39.7 Å². The number of carboxylic acid groups (broad SMARTS) is 1. The predicted octanol–water partition coefficient (Wildman–Crippen LogP) is -6.29. The van der Waals surface area contributed by atoms with Gasteiger partial charge < -0.3 is 39.7 Å². The molecule has 0 aromatic heterocycles. The first kappa shape index (κ1) is 29.8. The zero-order valence-electron chi connectivity index (χ0n) is 7.34. The average Bonchev–Trinajstić information content (AvgIpc) is 1.59. The Bertz CT molecular complexity index is 158. The largest absolute Gasteiger partial charge is 2.00 e. The zero-order chi connectivity index (χ0) is 9.65. The first-order chi connectivity index (χ1) is 4.64. The minimum Gasteiger partial charge on any atom is -0.822 e. The van der Waals surface area contributed by atoms with Gasteiger partial charge >= 0.3 is 75.5 Å². The first-order valence-corrected chi connectivity index (χ1v) is 3.72. The van der Waals surface area contributed by atoms with Crippen LogP contribution in [0.15, 0.2) is 0 Å². The van der Waals surface area contributed by atoms with E-state index in [0.29, 0.717) is 0 Å². The molecular formula is C3H7Ca2O8P. The first-order valence-electron chi connectivity index (χ1n) is 2.26. The normalized spacial score (nSPS) is 10.1. The van der Waals surface area contributed by atoms with Crippen molar-refractivity contribution in [1.82, 2.24) is 0 Å². The minimum atomic E-state index is -5.39. The van der Waals surface area contributed by atoms with Crippen LogP contribution in [-0.4, -0.2) is 98.1 Å². The van der Waals surface area contributed by atoms with Crippen molar-refractivity contribution in [3.8, 4) is 0 Å². The summed E-state index contributed by atoms with van der Waals surface area (Å²) in [5.74, 6) is -1.44. The van der Waals surface area contributed by atoms with Gasteiger partial charge in [0, 0.05) is 0 Å². The van der Waals surface area contributed by atoms with Crippen molar-refractivity contribution in [2.24, 2.45) is 0 Å². The molecule has 1 unspecified atom stereocenters. The van der Waals surface area contributed by atoms with Crippen LogP contribution in [0.25, 0.3) is 0 Å². The molecule has 0 aliphatic rings. The fourth-order valence-electron chi connectivity index (χ4n) is 0. The van der Waals surface area contributed by atoms with Crippen LogP contribution in [0.1, 0.15) is 6.92 Å². The maximum atomic E-state index is 9.34. The second-order valence-electron chi connectivity index (χ2n) is 1.44. The molecule has 76 valence electrons. The Morgan fingerprint density at radius 3 is 1.36 bits per heavy atom. The van der Waals surface area contributed by atoms with E-state index in [1.54, 1.807) is 0 Å². The summed E-state index contributed by atoms with van der Waals surface area (Å²) in [7, 11) is -5.39. The van der Waals surface area contributed by atoms with Crippen LogP contribution < -0.4 is 19.8 Å². The van der Waals surface area contributed by atoms with Gasteiger partial charge in [-0.15, -0.1) is 0 Å². The van der Waals surface area contributed by atoms with E-state index in [4.69, 9.17) is 24.4 Å². The Kier molecular flexibility index (Phi) is 31.9. The van der Waals surface area contributed by atoms with Gasteiger partial charge in [0.25, 0.3) is 0 Å². The van der Waals surface area contributed by atoms with Gasteiger partial charge in [0.15, 0.2) is 0 Å². The number of hydrogen-bond donors (Lipinski definition) is 1. The van der Waals surface area contributed by atoms with Gasteiger partial charge in [0.1, 0.15) is 0 Å². The van der Waals surface area contributed by atoms with Gasteiger partial charge in [-0.1, -0.05) is 0 Å². The molecule has 11 heteroatoms. The molecule has 0 saturated heterocycles. The van der Waals surface area contributed by atoms with E-state index in [9.17, 15) is 9.90 Å². The molecule has 1 atom stereocenters. The maximum absolute atomic E-state index is 9.34. The van der Waals surface area contributed by atoms with Crippen LogP contribution in [-0.2, 0) is 9.36 Å². The van der Waals surface area contributed by atoms with Crippen LogP contribution in [0.4, 0.5) is 0 Å². The predicted molar refractivity (Wildman–Crippen MR) is 39.4 cm³/mol. The van der Waals surface area contributed by atoms with Crippen molar-refractivity contribution >= 4 is 89.3 Å². The summed E-state index contributed by atoms with van der Waals surface area (Å²) < 4.78 is 8.55. The molecule has 0 radical (unpaired) electrons. The number of hydrogen-bond acceptors (Lipinski definition) is 7. The van der Waals surface area contributed by atoms with Gasteiger partial charge in [0.05, 0.1) is 12.1 Å². The Balaban J connectivity index is -0.0000000321. The fourth-order valence-corrected chi connectivity index (χ4v) is 0. The van der Waals surface area contributed by atoms with Gasteiger partial charge in [-0.05, 0) is 6.92 Å². The SMILES string of the molecule is CC(O)C(=O)[O-].O.O=P([O-])([O-])[O-].[Ca+2].[Ca+2]. The molecule has 0 aromatic carbocycles. The number of carbonyl (C=O) groups is 1. The van der Waals surface area contributed by atoms with E-state index >= 15 is 0 Å². The minimum absolute atomic E-state index is 0. The average molecular weight is 282 g/mol. The van der Waals surface area contributed by atoms with Crippen molar-refractivity contribution in [1.29, 1.82) is 0 Å². The van der Waals surface area contributed by atoms with Crippen molar-refractivity contribution in [2.45, 2.75) is 13.0 Å². The molecular weight excluding hydrogens is 275 g/mol. The Labute approximate surface area is 140 Å². The number of aliphatic hydroxyl groups is 1. The van der Waals surface area contributed by atoms with E-state index < -0.39 is 19.9 Å². The molecule has 0 spiro atoms. The van der Waals surface area contributed by atoms with Crippen molar-refractivity contribution in [3.63, 3.8) is 0 Å². The molecule has 0 aliphatic carbocycles. The number of carboxylic acids is 1. The Hall–Kier alpha value is 2.02. The summed E-state index contributed by atoms with van der Waals surface area (Å²) in [6, 6.07) is 0. The fraction of sp³-hybridized carbons (Fsp3) is 0.667. The molecule has 0 saturated carbocycles. The third kappa shape index (κ3) is 65.6. The van der Waals surface area contributed by atoms with Crippen molar-refractivity contribution in [2.75, 3.05) is 0 Å². The van der Waals surface area contributed by atoms with Crippen LogP contribution in [0, 0.1) is 0 Å². The van der Waals surface area contributed by atoms with E-state index in [1.165, 1.54) is 0 Å². The third-order valence-corrected chi connectivity index (χ3v) is 0.341. The molecule has 0 fully saturated rings. The van der Waals surface area contributed by atoms with E-state index in [0.717, 1.165) is 6.92 Å². The molecule has 0 rings (SSSR count). The van der Waals surface area contributed by atoms with Crippen LogP contribution in [0.3, 0.4) is 0 Å². The molecule has 8 nitrogen and oxygen atoms in total. The molecule has 0 amide bonds. The molecule has 0 heterocycles. The summed E-state index contributed by atoms with van der Waals surface area (Å²) >= 11 is 0. The van der Waals surface area contributed by atoms with Gasteiger partial charge in [-0.3, -0.25) is 0 Å². The number of rotatable bonds is 1. The summed E-state index contributed by atoms with van der Waals surface area (Å²) in [6.07, 6.45) is -1.34. The monoisotopic (exact) mass is 282 g/mol. The smallest absolute Gasteiger partial charge is 0.822 e. The third-order valence-electron chi connectivity index (χ3n) is 0.341. The van der Waals surface area contributed by atoms with Gasteiger partial charge in [-0.25, -0.2) is 0 Å². The molecule has 0 aromatic rings. The maximum Gasteiger partial charge on any atom is 2.00 e. The second-order valence-corrected chi connectivity index (χ2v) is 2.34. The molecule has 0 bridgehead atoms. The summed E-state index contributed by atoms with van der Waals surface area (Å²) in [5.41, 5.74) is 0. The quantitative estimate of drug-likeness (QED) is 0.367. The van der Waals surface area contributed by atoms with Gasteiger partial charge in [0.2, 0.25) is 0 Å². The number of phosphoric acid groups is 1. The van der Waals surface area contributed by atoms with E-state index in [2.05, 4.69) is 0 Å².